The minimum atomic E-state index is -0.219. The maximum absolute atomic E-state index is 13.7. The highest BCUT2D eigenvalue weighted by Crippen LogP contribution is 2.38. The molecule has 1 aliphatic rings. The van der Waals surface area contributed by atoms with Crippen molar-refractivity contribution in [3.05, 3.63) is 34.1 Å². The Hall–Kier alpha value is -0.490. The fourth-order valence-corrected chi connectivity index (χ4v) is 3.85. The molecule has 0 aromatic heterocycles. The Morgan fingerprint density at radius 2 is 2.05 bits per heavy atom. The van der Waals surface area contributed by atoms with Crippen LogP contribution in [0.5, 0.6) is 0 Å². The smallest absolute Gasteiger partial charge is 0.137 e. The second-order valence-corrected chi connectivity index (χ2v) is 6.63. The zero-order valence-corrected chi connectivity index (χ0v) is 13.7. The van der Waals surface area contributed by atoms with Crippen LogP contribution in [0.25, 0.3) is 0 Å². The number of halogens is 2. The molecule has 20 heavy (non-hydrogen) atoms. The number of nitrogens with zero attached hydrogens (tertiary/aromatic N) is 1. The number of likely N-dealkylation sites (N-methyl/N-ethyl adjacent to an activating group) is 1. The molecule has 112 valence electrons. The van der Waals surface area contributed by atoms with Crippen LogP contribution in [-0.2, 0) is 6.42 Å². The van der Waals surface area contributed by atoms with Crippen molar-refractivity contribution in [2.24, 2.45) is 5.84 Å². The molecule has 1 aliphatic carbocycles. The Kier molecular flexibility index (Phi) is 5.18. The highest BCUT2D eigenvalue weighted by molar-refractivity contribution is 9.10. The van der Waals surface area contributed by atoms with Crippen LogP contribution >= 0.6 is 15.9 Å². The quantitative estimate of drug-likeness (QED) is 0.638. The average molecular weight is 344 g/mol. The van der Waals surface area contributed by atoms with E-state index in [1.165, 1.54) is 18.9 Å². The summed E-state index contributed by atoms with van der Waals surface area (Å²) in [5.74, 6) is 5.61. The Bertz CT molecular complexity index is 458. The molecule has 0 amide bonds. The van der Waals surface area contributed by atoms with Gasteiger partial charge in [-0.25, -0.2) is 4.39 Å². The predicted molar refractivity (Wildman–Crippen MR) is 83.8 cm³/mol. The second kappa shape index (κ2) is 6.52. The van der Waals surface area contributed by atoms with E-state index in [4.69, 9.17) is 5.84 Å². The van der Waals surface area contributed by atoms with Crippen molar-refractivity contribution >= 4 is 15.9 Å². The van der Waals surface area contributed by atoms with Gasteiger partial charge in [-0.3, -0.25) is 11.3 Å². The molecule has 1 saturated carbocycles. The summed E-state index contributed by atoms with van der Waals surface area (Å²) < 4.78 is 14.2. The molecule has 2 rings (SSSR count). The van der Waals surface area contributed by atoms with Crippen LogP contribution in [-0.4, -0.2) is 30.6 Å². The van der Waals surface area contributed by atoms with E-state index in [9.17, 15) is 4.39 Å². The van der Waals surface area contributed by atoms with E-state index in [-0.39, 0.29) is 17.4 Å². The number of hydrogen-bond acceptors (Lipinski definition) is 3. The average Bonchev–Trinajstić information content (AvgIpc) is 2.91. The fourth-order valence-electron chi connectivity index (χ4n) is 3.42. The van der Waals surface area contributed by atoms with Gasteiger partial charge in [-0.1, -0.05) is 25.0 Å². The minimum absolute atomic E-state index is 0.0561. The number of hydrogen-bond donors (Lipinski definition) is 2. The van der Waals surface area contributed by atoms with E-state index >= 15 is 0 Å². The van der Waals surface area contributed by atoms with E-state index in [1.54, 1.807) is 6.07 Å². The zero-order valence-electron chi connectivity index (χ0n) is 12.1. The van der Waals surface area contributed by atoms with Crippen LogP contribution in [0.4, 0.5) is 4.39 Å². The summed E-state index contributed by atoms with van der Waals surface area (Å²) in [5, 5.41) is 0. The van der Waals surface area contributed by atoms with Crippen LogP contribution in [0.15, 0.2) is 22.7 Å². The van der Waals surface area contributed by atoms with Gasteiger partial charge in [0.1, 0.15) is 5.82 Å². The molecule has 1 atom stereocenters. The normalized spacial score (nSPS) is 19.5. The van der Waals surface area contributed by atoms with Gasteiger partial charge >= 0.3 is 0 Å². The number of nitrogens with one attached hydrogen (secondary N) is 1. The Labute approximate surface area is 128 Å². The molecule has 1 aromatic carbocycles. The van der Waals surface area contributed by atoms with Gasteiger partial charge in [0.15, 0.2) is 0 Å². The van der Waals surface area contributed by atoms with Gasteiger partial charge < -0.3 is 4.90 Å². The Balaban J connectivity index is 2.26. The van der Waals surface area contributed by atoms with Gasteiger partial charge in [-0.2, -0.15) is 0 Å². The topological polar surface area (TPSA) is 41.3 Å². The van der Waals surface area contributed by atoms with Crippen molar-refractivity contribution in [1.82, 2.24) is 10.3 Å². The van der Waals surface area contributed by atoms with Gasteiger partial charge in [0.2, 0.25) is 0 Å². The third kappa shape index (κ3) is 2.91. The highest BCUT2D eigenvalue weighted by atomic mass is 79.9. The lowest BCUT2D eigenvalue weighted by Crippen LogP contribution is -2.60. The molecular weight excluding hydrogens is 321 g/mol. The van der Waals surface area contributed by atoms with Gasteiger partial charge in [0, 0.05) is 11.6 Å². The van der Waals surface area contributed by atoms with Crippen LogP contribution in [0.1, 0.15) is 31.2 Å². The first kappa shape index (κ1) is 15.9. The van der Waals surface area contributed by atoms with Gasteiger partial charge in [0.05, 0.1) is 4.47 Å². The van der Waals surface area contributed by atoms with Gasteiger partial charge in [-0.15, -0.1) is 0 Å². The first-order chi connectivity index (χ1) is 9.51. The third-order valence-corrected chi connectivity index (χ3v) is 5.55. The summed E-state index contributed by atoms with van der Waals surface area (Å²) in [5.41, 5.74) is 3.99. The number of benzene rings is 1. The maximum atomic E-state index is 13.7. The molecule has 1 aromatic rings. The molecule has 0 saturated heterocycles. The summed E-state index contributed by atoms with van der Waals surface area (Å²) in [6, 6.07) is 5.28. The predicted octanol–water partition coefficient (Wildman–Crippen LogP) is 2.84. The summed E-state index contributed by atoms with van der Waals surface area (Å²) in [6.07, 6.45) is 5.41. The van der Waals surface area contributed by atoms with E-state index in [1.807, 2.05) is 6.07 Å². The molecule has 0 aliphatic heterocycles. The summed E-state index contributed by atoms with van der Waals surface area (Å²) in [6.45, 7) is 0. The monoisotopic (exact) mass is 343 g/mol. The van der Waals surface area contributed by atoms with Crippen molar-refractivity contribution in [2.75, 3.05) is 14.1 Å². The van der Waals surface area contributed by atoms with Crippen LogP contribution in [0.3, 0.4) is 0 Å². The SMILES string of the molecule is CN(C)C1(C(Cc2cccc(F)c2Br)NN)CCCC1. The molecule has 3 nitrogen and oxygen atoms in total. The minimum Gasteiger partial charge on any atom is -0.302 e. The molecule has 0 radical (unpaired) electrons. The van der Waals surface area contributed by atoms with Crippen molar-refractivity contribution in [2.45, 2.75) is 43.7 Å². The van der Waals surface area contributed by atoms with Crippen molar-refractivity contribution in [3.63, 3.8) is 0 Å². The first-order valence-electron chi connectivity index (χ1n) is 7.07. The van der Waals surface area contributed by atoms with Crippen LogP contribution in [0.2, 0.25) is 0 Å². The first-order valence-corrected chi connectivity index (χ1v) is 7.87. The van der Waals surface area contributed by atoms with E-state index in [2.05, 4.69) is 40.4 Å². The summed E-state index contributed by atoms with van der Waals surface area (Å²) >= 11 is 3.34. The highest BCUT2D eigenvalue weighted by Gasteiger charge is 2.42. The lowest BCUT2D eigenvalue weighted by molar-refractivity contribution is 0.104. The molecule has 3 N–H and O–H groups in total. The molecule has 1 unspecified atom stereocenters. The van der Waals surface area contributed by atoms with E-state index in [0.29, 0.717) is 10.9 Å². The van der Waals surface area contributed by atoms with Crippen molar-refractivity contribution in [1.29, 1.82) is 0 Å². The lowest BCUT2D eigenvalue weighted by Gasteiger charge is -2.43. The lowest BCUT2D eigenvalue weighted by atomic mass is 9.83. The zero-order chi connectivity index (χ0) is 14.8. The van der Waals surface area contributed by atoms with E-state index in [0.717, 1.165) is 18.4 Å². The number of rotatable bonds is 5. The van der Waals surface area contributed by atoms with Crippen molar-refractivity contribution in [3.8, 4) is 0 Å². The third-order valence-electron chi connectivity index (χ3n) is 4.67. The number of hydrazine groups is 1. The number of nitrogens with two attached hydrogens (primary N) is 1. The molecular formula is C15H23BrFN3. The molecule has 0 bridgehead atoms. The maximum Gasteiger partial charge on any atom is 0.137 e. The second-order valence-electron chi connectivity index (χ2n) is 5.84. The molecule has 1 fully saturated rings. The standard InChI is InChI=1S/C15H23BrFN3/c1-20(2)15(8-3-4-9-15)13(19-18)10-11-6-5-7-12(17)14(11)16/h5-7,13,19H,3-4,8-10,18H2,1-2H3. The van der Waals surface area contributed by atoms with Crippen LogP contribution in [0, 0.1) is 5.82 Å². The van der Waals surface area contributed by atoms with Gasteiger partial charge in [-0.05, 0) is 60.9 Å². The van der Waals surface area contributed by atoms with E-state index < -0.39 is 0 Å². The largest absolute Gasteiger partial charge is 0.302 e. The molecule has 0 heterocycles. The Morgan fingerprint density at radius 1 is 1.40 bits per heavy atom. The Morgan fingerprint density at radius 3 is 2.60 bits per heavy atom. The molecule has 5 heteroatoms. The van der Waals surface area contributed by atoms with Gasteiger partial charge in [0.25, 0.3) is 0 Å². The fraction of sp³-hybridized carbons (Fsp3) is 0.600. The summed E-state index contributed by atoms with van der Waals surface area (Å²) in [4.78, 5) is 2.28. The van der Waals surface area contributed by atoms with Crippen LogP contribution < -0.4 is 11.3 Å². The van der Waals surface area contributed by atoms with Crippen molar-refractivity contribution < 1.29 is 4.39 Å². The molecule has 0 spiro atoms. The summed E-state index contributed by atoms with van der Waals surface area (Å²) in [7, 11) is 4.21.